The fraction of sp³-hybridized carbons (Fsp3) is 0. The summed E-state index contributed by atoms with van der Waals surface area (Å²) >= 11 is 8.28. The number of thiophene rings is 1. The first-order valence-electron chi connectivity index (χ1n) is 3.55. The SMILES string of the molecule is O=Cc1sc2cc(Br)ccc2c1Br. The molecule has 0 N–H and O–H groups in total. The van der Waals surface area contributed by atoms with Crippen molar-refractivity contribution < 1.29 is 4.79 Å². The predicted octanol–water partition coefficient (Wildman–Crippen LogP) is 4.24. The van der Waals surface area contributed by atoms with Gasteiger partial charge in [-0.1, -0.05) is 22.0 Å². The van der Waals surface area contributed by atoms with Crippen molar-refractivity contribution in [3.63, 3.8) is 0 Å². The maximum Gasteiger partial charge on any atom is 0.161 e. The highest BCUT2D eigenvalue weighted by atomic mass is 79.9. The van der Waals surface area contributed by atoms with Gasteiger partial charge in [0, 0.05) is 19.0 Å². The van der Waals surface area contributed by atoms with Gasteiger partial charge in [-0.05, 0) is 28.1 Å². The van der Waals surface area contributed by atoms with E-state index in [0.717, 1.165) is 30.2 Å². The average molecular weight is 320 g/mol. The Bertz CT molecular complexity index is 476. The Labute approximate surface area is 96.0 Å². The van der Waals surface area contributed by atoms with Crippen LogP contribution < -0.4 is 0 Å². The van der Waals surface area contributed by atoms with Gasteiger partial charge in [0.15, 0.2) is 6.29 Å². The van der Waals surface area contributed by atoms with Crippen LogP contribution in [-0.4, -0.2) is 6.29 Å². The van der Waals surface area contributed by atoms with Gasteiger partial charge < -0.3 is 0 Å². The van der Waals surface area contributed by atoms with E-state index in [2.05, 4.69) is 31.9 Å². The molecule has 0 fully saturated rings. The Morgan fingerprint density at radius 3 is 2.77 bits per heavy atom. The molecule has 0 saturated heterocycles. The van der Waals surface area contributed by atoms with Gasteiger partial charge in [-0.15, -0.1) is 11.3 Å². The van der Waals surface area contributed by atoms with Crippen molar-refractivity contribution in [1.82, 2.24) is 0 Å². The number of aldehydes is 1. The summed E-state index contributed by atoms with van der Waals surface area (Å²) in [5, 5.41) is 1.09. The number of hydrogen-bond acceptors (Lipinski definition) is 2. The van der Waals surface area contributed by atoms with Crippen molar-refractivity contribution in [2.24, 2.45) is 0 Å². The van der Waals surface area contributed by atoms with E-state index in [1.807, 2.05) is 18.2 Å². The van der Waals surface area contributed by atoms with Crippen LogP contribution in [0.2, 0.25) is 0 Å². The lowest BCUT2D eigenvalue weighted by atomic mass is 10.2. The van der Waals surface area contributed by atoms with Crippen molar-refractivity contribution in [2.45, 2.75) is 0 Å². The monoisotopic (exact) mass is 318 g/mol. The fourth-order valence-electron chi connectivity index (χ4n) is 1.13. The summed E-state index contributed by atoms with van der Waals surface area (Å²) in [6.07, 6.45) is 0.878. The molecule has 1 aromatic heterocycles. The number of benzene rings is 1. The number of carbonyl (C=O) groups excluding carboxylic acids is 1. The molecule has 4 heteroatoms. The molecule has 1 aromatic carbocycles. The van der Waals surface area contributed by atoms with E-state index < -0.39 is 0 Å². The third-order valence-corrected chi connectivity index (χ3v) is 4.41. The summed E-state index contributed by atoms with van der Waals surface area (Å²) in [7, 11) is 0. The summed E-state index contributed by atoms with van der Waals surface area (Å²) in [5.74, 6) is 0. The van der Waals surface area contributed by atoms with Gasteiger partial charge in [-0.2, -0.15) is 0 Å². The standard InChI is InChI=1S/C9H4Br2OS/c10-5-1-2-6-7(3-5)13-8(4-12)9(6)11/h1-4H. The molecule has 0 saturated carbocycles. The van der Waals surface area contributed by atoms with Crippen molar-refractivity contribution in [3.8, 4) is 0 Å². The van der Waals surface area contributed by atoms with Gasteiger partial charge >= 0.3 is 0 Å². The van der Waals surface area contributed by atoms with Gasteiger partial charge in [0.05, 0.1) is 4.88 Å². The van der Waals surface area contributed by atoms with E-state index in [0.29, 0.717) is 0 Å². The van der Waals surface area contributed by atoms with Crippen LogP contribution in [-0.2, 0) is 0 Å². The Balaban J connectivity index is 2.83. The third kappa shape index (κ3) is 1.58. The smallest absolute Gasteiger partial charge is 0.161 e. The van der Waals surface area contributed by atoms with E-state index in [1.54, 1.807) is 0 Å². The summed E-state index contributed by atoms with van der Waals surface area (Å²) in [6.45, 7) is 0. The topological polar surface area (TPSA) is 17.1 Å². The molecule has 0 unspecified atom stereocenters. The number of carbonyl (C=O) groups is 1. The highest BCUT2D eigenvalue weighted by Crippen LogP contribution is 2.35. The second-order valence-electron chi connectivity index (χ2n) is 2.54. The van der Waals surface area contributed by atoms with Gasteiger partial charge in [0.25, 0.3) is 0 Å². The maximum atomic E-state index is 10.7. The largest absolute Gasteiger partial charge is 0.297 e. The zero-order valence-electron chi connectivity index (χ0n) is 6.38. The number of halogens is 2. The highest BCUT2D eigenvalue weighted by Gasteiger charge is 2.08. The molecule has 2 aromatic rings. The highest BCUT2D eigenvalue weighted by molar-refractivity contribution is 9.11. The van der Waals surface area contributed by atoms with Crippen molar-refractivity contribution >= 4 is 59.6 Å². The van der Waals surface area contributed by atoms with Crippen LogP contribution in [0.5, 0.6) is 0 Å². The van der Waals surface area contributed by atoms with E-state index in [4.69, 9.17) is 0 Å². The molecule has 1 heterocycles. The predicted molar refractivity (Wildman–Crippen MR) is 62.6 cm³/mol. The first-order chi connectivity index (χ1) is 6.22. The molecule has 13 heavy (non-hydrogen) atoms. The van der Waals surface area contributed by atoms with E-state index in [-0.39, 0.29) is 0 Å². The van der Waals surface area contributed by atoms with Crippen LogP contribution in [0.3, 0.4) is 0 Å². The van der Waals surface area contributed by atoms with Crippen molar-refractivity contribution in [1.29, 1.82) is 0 Å². The van der Waals surface area contributed by atoms with Crippen LogP contribution in [0.4, 0.5) is 0 Å². The minimum atomic E-state index is 0.744. The Hall–Kier alpha value is -0.190. The molecule has 0 radical (unpaired) electrons. The minimum Gasteiger partial charge on any atom is -0.297 e. The second kappa shape index (κ2) is 3.52. The Morgan fingerprint density at radius 2 is 2.08 bits per heavy atom. The van der Waals surface area contributed by atoms with Crippen LogP contribution >= 0.6 is 43.2 Å². The van der Waals surface area contributed by atoms with E-state index >= 15 is 0 Å². The van der Waals surface area contributed by atoms with E-state index in [1.165, 1.54) is 11.3 Å². The van der Waals surface area contributed by atoms with Gasteiger partial charge in [0.1, 0.15) is 0 Å². The fourth-order valence-corrected chi connectivity index (χ4v) is 3.41. The Morgan fingerprint density at radius 1 is 1.31 bits per heavy atom. The molecule has 0 atom stereocenters. The molecule has 0 bridgehead atoms. The molecule has 0 aliphatic heterocycles. The molecule has 0 aliphatic rings. The van der Waals surface area contributed by atoms with Crippen molar-refractivity contribution in [2.75, 3.05) is 0 Å². The number of hydrogen-bond donors (Lipinski definition) is 0. The second-order valence-corrected chi connectivity index (χ2v) is 5.33. The zero-order chi connectivity index (χ0) is 9.42. The summed E-state index contributed by atoms with van der Waals surface area (Å²) < 4.78 is 3.05. The first-order valence-corrected chi connectivity index (χ1v) is 5.95. The lowest BCUT2D eigenvalue weighted by molar-refractivity contribution is 0.112. The van der Waals surface area contributed by atoms with Gasteiger partial charge in [-0.25, -0.2) is 0 Å². The molecular formula is C9H4Br2OS. The maximum absolute atomic E-state index is 10.7. The average Bonchev–Trinajstić information content (AvgIpc) is 2.42. The van der Waals surface area contributed by atoms with E-state index in [9.17, 15) is 4.79 Å². The number of fused-ring (bicyclic) bond motifs is 1. The van der Waals surface area contributed by atoms with Crippen molar-refractivity contribution in [3.05, 3.63) is 32.0 Å². The quantitative estimate of drug-likeness (QED) is 0.719. The van der Waals surface area contributed by atoms with Crippen LogP contribution in [0.1, 0.15) is 9.67 Å². The number of rotatable bonds is 1. The molecule has 1 nitrogen and oxygen atoms in total. The Kier molecular flexibility index (Phi) is 2.53. The summed E-state index contributed by atoms with van der Waals surface area (Å²) in [5.41, 5.74) is 0. The molecule has 0 aliphatic carbocycles. The molecule has 0 amide bonds. The minimum absolute atomic E-state index is 0.744. The van der Waals surface area contributed by atoms with Gasteiger partial charge in [0.2, 0.25) is 0 Å². The summed E-state index contributed by atoms with van der Waals surface area (Å²) in [4.78, 5) is 11.4. The normalized spacial score (nSPS) is 10.6. The lowest BCUT2D eigenvalue weighted by Crippen LogP contribution is -1.69. The zero-order valence-corrected chi connectivity index (χ0v) is 10.4. The third-order valence-electron chi connectivity index (χ3n) is 1.72. The van der Waals surface area contributed by atoms with Crippen LogP contribution in [0.25, 0.3) is 10.1 Å². The first kappa shape index (κ1) is 9.37. The molecular weight excluding hydrogens is 316 g/mol. The summed E-state index contributed by atoms with van der Waals surface area (Å²) in [6, 6.07) is 5.97. The lowest BCUT2D eigenvalue weighted by Gasteiger charge is -1.90. The molecule has 66 valence electrons. The van der Waals surface area contributed by atoms with Gasteiger partial charge in [-0.3, -0.25) is 4.79 Å². The van der Waals surface area contributed by atoms with Crippen LogP contribution in [0, 0.1) is 0 Å². The molecule has 0 spiro atoms. The van der Waals surface area contributed by atoms with Crippen LogP contribution in [0.15, 0.2) is 27.1 Å². The molecule has 2 rings (SSSR count).